The molecule has 0 amide bonds. The molecule has 85 heavy (non-hydrogen) atoms. The number of hydrogen-bond acceptors (Lipinski definition) is 22. The highest BCUT2D eigenvalue weighted by atomic mass is 35.5. The Morgan fingerprint density at radius 2 is 0.835 bits per heavy atom. The van der Waals surface area contributed by atoms with Crippen molar-refractivity contribution in [3.8, 4) is 40.1 Å². The Morgan fingerprint density at radius 3 is 1.21 bits per heavy atom. The monoisotopic (exact) mass is 1250 g/mol. The molecule has 1 saturated carbocycles. The fourth-order valence-electron chi connectivity index (χ4n) is 7.68. The SMILES string of the molecule is COc1ccc(C(=O)CSc2nnnn2-c2ccc(C(=O)O)cc2)cc1OC.COc1ccc(OC)c(C(=O)CSc2nnnn2-c2ccc(C(=O)O)cc2)c1.O=C(O)c1ccc(-n2nnnc2SCC(=O)c2ccc(C3CC3(Cl)Cl)cc2)cc1. The molecule has 0 saturated heterocycles. The van der Waals surface area contributed by atoms with E-state index in [1.807, 2.05) is 12.1 Å². The number of benzene rings is 6. The summed E-state index contributed by atoms with van der Waals surface area (Å²) < 4.78 is 24.4. The largest absolute Gasteiger partial charge is 0.497 e. The third-order valence-corrected chi connectivity index (χ3v) is 15.9. The summed E-state index contributed by atoms with van der Waals surface area (Å²) in [4.78, 5) is 70.6. The van der Waals surface area contributed by atoms with Crippen molar-refractivity contribution < 1.29 is 63.0 Å². The molecule has 1 fully saturated rings. The van der Waals surface area contributed by atoms with Crippen LogP contribution in [0.2, 0.25) is 0 Å². The number of carboxylic acids is 3. The predicted molar refractivity (Wildman–Crippen MR) is 311 cm³/mol. The van der Waals surface area contributed by atoms with E-state index in [9.17, 15) is 28.8 Å². The number of nitrogens with zero attached hydrogens (tertiary/aromatic N) is 12. The van der Waals surface area contributed by atoms with E-state index in [0.29, 0.717) is 72.2 Å². The molecule has 3 N–H and O–H groups in total. The van der Waals surface area contributed by atoms with E-state index in [1.54, 1.807) is 84.9 Å². The van der Waals surface area contributed by atoms with Crippen molar-refractivity contribution in [2.24, 2.45) is 0 Å². The van der Waals surface area contributed by atoms with Crippen molar-refractivity contribution in [2.45, 2.75) is 32.1 Å². The molecule has 3 heterocycles. The first kappa shape index (κ1) is 61.8. The first-order valence-electron chi connectivity index (χ1n) is 24.7. The van der Waals surface area contributed by atoms with E-state index in [1.165, 1.54) is 102 Å². The number of ether oxygens (including phenoxy) is 4. The van der Waals surface area contributed by atoms with E-state index in [4.69, 9.17) is 57.5 Å². The summed E-state index contributed by atoms with van der Waals surface area (Å²) in [5.41, 5.74) is 4.76. The minimum Gasteiger partial charge on any atom is -0.497 e. The lowest BCUT2D eigenvalue weighted by atomic mass is 10.1. The minimum atomic E-state index is -1.02. The average Bonchev–Trinajstić information content (AvgIpc) is 2.44. The van der Waals surface area contributed by atoms with Crippen LogP contribution in [0.5, 0.6) is 23.0 Å². The molecule has 1 unspecified atom stereocenters. The van der Waals surface area contributed by atoms with Crippen molar-refractivity contribution in [1.29, 1.82) is 0 Å². The van der Waals surface area contributed by atoms with Gasteiger partial charge in [0.2, 0.25) is 15.5 Å². The van der Waals surface area contributed by atoms with Gasteiger partial charge in [-0.05, 0) is 152 Å². The summed E-state index contributed by atoms with van der Waals surface area (Å²) in [6.45, 7) is 0. The highest BCUT2D eigenvalue weighted by molar-refractivity contribution is 8.00. The topological polar surface area (TPSA) is 331 Å². The van der Waals surface area contributed by atoms with Crippen LogP contribution in [0.3, 0.4) is 0 Å². The van der Waals surface area contributed by atoms with E-state index in [-0.39, 0.29) is 57.2 Å². The maximum absolute atomic E-state index is 12.7. The molecule has 0 aliphatic heterocycles. The normalized spacial score (nSPS) is 12.8. The van der Waals surface area contributed by atoms with Crippen LogP contribution >= 0.6 is 58.5 Å². The molecular weight excluding hydrogens is 1200 g/mol. The van der Waals surface area contributed by atoms with E-state index < -0.39 is 22.2 Å². The zero-order valence-corrected chi connectivity index (χ0v) is 48.8. The first-order valence-corrected chi connectivity index (χ1v) is 28.4. The minimum absolute atomic E-state index is 0.0591. The van der Waals surface area contributed by atoms with E-state index >= 15 is 0 Å². The van der Waals surface area contributed by atoms with Crippen LogP contribution in [-0.4, -0.2) is 161 Å². The molecule has 436 valence electrons. The van der Waals surface area contributed by atoms with Crippen LogP contribution < -0.4 is 18.9 Å². The fraction of sp³-hybridized carbons (Fsp3) is 0.182. The Hall–Kier alpha value is -9.22. The van der Waals surface area contributed by atoms with Crippen molar-refractivity contribution >= 4 is 93.7 Å². The number of aromatic carboxylic acids is 3. The van der Waals surface area contributed by atoms with Gasteiger partial charge in [-0.2, -0.15) is 14.0 Å². The molecule has 3 aromatic heterocycles. The van der Waals surface area contributed by atoms with Gasteiger partial charge in [0.25, 0.3) is 0 Å². The maximum atomic E-state index is 12.7. The Morgan fingerprint density at radius 1 is 0.471 bits per heavy atom. The number of carbonyl (C=O) groups excluding carboxylic acids is 3. The van der Waals surface area contributed by atoms with Gasteiger partial charge in [0.15, 0.2) is 28.8 Å². The van der Waals surface area contributed by atoms with Gasteiger partial charge in [-0.25, -0.2) is 14.4 Å². The lowest BCUT2D eigenvalue weighted by Gasteiger charge is -2.09. The zero-order chi connectivity index (χ0) is 60.8. The summed E-state index contributed by atoms with van der Waals surface area (Å²) in [6.07, 6.45) is 0.718. The average molecular weight is 1250 g/mol. The van der Waals surface area contributed by atoms with Crippen LogP contribution in [-0.2, 0) is 0 Å². The predicted octanol–water partition coefficient (Wildman–Crippen LogP) is 8.70. The Labute approximate surface area is 504 Å². The third kappa shape index (κ3) is 15.7. The molecule has 25 nitrogen and oxygen atoms in total. The van der Waals surface area contributed by atoms with Crippen LogP contribution in [0.1, 0.15) is 80.1 Å². The smallest absolute Gasteiger partial charge is 0.335 e. The van der Waals surface area contributed by atoms with Crippen molar-refractivity contribution in [2.75, 3.05) is 45.7 Å². The van der Waals surface area contributed by atoms with Gasteiger partial charge in [-0.15, -0.1) is 38.5 Å². The van der Waals surface area contributed by atoms with Gasteiger partial charge in [-0.3, -0.25) is 14.4 Å². The first-order chi connectivity index (χ1) is 40.9. The lowest BCUT2D eigenvalue weighted by Crippen LogP contribution is -2.07. The number of methoxy groups -OCH3 is 4. The number of alkyl halides is 2. The number of ketones is 3. The fourth-order valence-corrected chi connectivity index (χ4v) is 10.6. The second-order valence-electron chi connectivity index (χ2n) is 17.6. The number of hydrogen-bond donors (Lipinski definition) is 3. The van der Waals surface area contributed by atoms with Crippen LogP contribution in [0.4, 0.5) is 0 Å². The third-order valence-electron chi connectivity index (χ3n) is 12.3. The summed E-state index contributed by atoms with van der Waals surface area (Å²) in [6, 6.07) is 35.6. The highest BCUT2D eigenvalue weighted by Gasteiger charge is 2.52. The van der Waals surface area contributed by atoms with Gasteiger partial charge in [0.05, 0.1) is 85.0 Å². The van der Waals surface area contributed by atoms with E-state index in [2.05, 4.69) is 46.6 Å². The number of tetrazole rings is 3. The summed E-state index contributed by atoms with van der Waals surface area (Å²) in [5.74, 6) is -0.908. The van der Waals surface area contributed by atoms with Gasteiger partial charge in [0, 0.05) is 17.0 Å². The van der Waals surface area contributed by atoms with Crippen molar-refractivity contribution in [1.82, 2.24) is 60.6 Å². The molecule has 1 aliphatic rings. The van der Waals surface area contributed by atoms with Gasteiger partial charge < -0.3 is 34.3 Å². The second-order valence-corrected chi connectivity index (χ2v) is 22.0. The van der Waals surface area contributed by atoms with E-state index in [0.717, 1.165) is 23.7 Å². The molecular formula is C55H46Cl2N12O13S3. The number of carbonyl (C=O) groups is 6. The molecule has 10 rings (SSSR count). The van der Waals surface area contributed by atoms with Gasteiger partial charge in [-0.1, -0.05) is 59.6 Å². The molecule has 30 heteroatoms. The number of rotatable bonds is 23. The molecule has 6 aromatic carbocycles. The quantitative estimate of drug-likeness (QED) is 0.0306. The Bertz CT molecular complexity index is 3870. The van der Waals surface area contributed by atoms with Crippen LogP contribution in [0.25, 0.3) is 17.1 Å². The Balaban J connectivity index is 0.000000166. The molecule has 0 spiro atoms. The van der Waals surface area contributed by atoms with Gasteiger partial charge in [0.1, 0.15) is 15.8 Å². The summed E-state index contributed by atoms with van der Waals surface area (Å²) in [5, 5.41) is 62.6. The van der Waals surface area contributed by atoms with Crippen molar-refractivity contribution in [3.63, 3.8) is 0 Å². The maximum Gasteiger partial charge on any atom is 0.335 e. The Kier molecular flexibility index (Phi) is 20.6. The second kappa shape index (κ2) is 28.4. The zero-order valence-electron chi connectivity index (χ0n) is 44.9. The lowest BCUT2D eigenvalue weighted by molar-refractivity contribution is 0.0686. The summed E-state index contributed by atoms with van der Waals surface area (Å²) >= 11 is 15.7. The number of halogens is 2. The van der Waals surface area contributed by atoms with Crippen molar-refractivity contribution in [3.05, 3.63) is 172 Å². The number of thioether (sulfide) groups is 3. The number of carboxylic acid groups (broad SMARTS) is 3. The van der Waals surface area contributed by atoms with Crippen LogP contribution in [0, 0.1) is 0 Å². The molecule has 0 radical (unpaired) electrons. The summed E-state index contributed by atoms with van der Waals surface area (Å²) in [7, 11) is 6.05. The molecule has 1 aliphatic carbocycles. The molecule has 0 bridgehead atoms. The molecule has 1 atom stereocenters. The van der Waals surface area contributed by atoms with Crippen LogP contribution in [0.15, 0.2) is 149 Å². The molecule has 9 aromatic rings. The number of Topliss-reactive ketones (excluding diaryl/α,β-unsaturated/α-hetero) is 3. The highest BCUT2D eigenvalue weighted by Crippen LogP contribution is 2.59. The van der Waals surface area contributed by atoms with Gasteiger partial charge >= 0.3 is 17.9 Å². The standard InChI is InChI=1S/C19H14Cl2N4O3S.2C18H16N4O5S/c20-19(21)9-15(19)11-1-3-12(4-2-11)16(26)10-29-18-22-23-24-25(18)14-7-5-13(6-8-14)17(27)28;1-26-15-8-5-12(9-16(15)27-2)14(23)10-28-18-19-20-21-22(18)13-6-3-11(4-7-13)17(24)25;1-26-13-7-8-16(27-2)14(9-13)15(23)10-28-18-19-20-21-22(18)12-5-3-11(4-6-12)17(24)25/h1-8,15H,9-10H2,(H,27,28);2*3-9H,10H2,1-2H3,(H,24,25). The number of aromatic nitrogens is 12.